The van der Waals surface area contributed by atoms with Gasteiger partial charge in [-0.2, -0.15) is 11.8 Å². The molecule has 0 aliphatic carbocycles. The first-order chi connectivity index (χ1) is 8.81. The van der Waals surface area contributed by atoms with Gasteiger partial charge in [0, 0.05) is 29.4 Å². The van der Waals surface area contributed by atoms with Gasteiger partial charge in [0.15, 0.2) is 0 Å². The molecular formula is C15H22N2S. The number of nitrogens with two attached hydrogens (primary N) is 1. The van der Waals surface area contributed by atoms with Gasteiger partial charge in [-0.25, -0.2) is 0 Å². The predicted molar refractivity (Wildman–Crippen MR) is 80.5 cm³/mol. The lowest BCUT2D eigenvalue weighted by Gasteiger charge is -2.30. The minimum Gasteiger partial charge on any atom is -0.367 e. The zero-order valence-electron chi connectivity index (χ0n) is 11.0. The highest BCUT2D eigenvalue weighted by Gasteiger charge is 2.36. The van der Waals surface area contributed by atoms with Gasteiger partial charge in [-0.1, -0.05) is 25.1 Å². The summed E-state index contributed by atoms with van der Waals surface area (Å²) in [6, 6.07) is 9.64. The van der Waals surface area contributed by atoms with Crippen LogP contribution in [0.4, 0.5) is 5.69 Å². The molecule has 1 aromatic carbocycles. The standard InChI is InChI=1S/C15H22N2S/c1-11-14(7-9-18-11)17-10-12(6-8-16)13-4-2-3-5-15(13)17/h2-5,11-12,14H,6-10,16H2,1H3. The molecule has 2 nitrogen and oxygen atoms in total. The summed E-state index contributed by atoms with van der Waals surface area (Å²) in [5.74, 6) is 1.95. The van der Waals surface area contributed by atoms with Crippen molar-refractivity contribution in [2.75, 3.05) is 23.7 Å². The SMILES string of the molecule is CC1SCCC1N1CC(CCN)c2ccccc21. The topological polar surface area (TPSA) is 29.3 Å². The van der Waals surface area contributed by atoms with E-state index in [1.807, 2.05) is 0 Å². The van der Waals surface area contributed by atoms with Crippen LogP contribution < -0.4 is 10.6 Å². The summed E-state index contributed by atoms with van der Waals surface area (Å²) in [6.45, 7) is 4.34. The molecule has 0 saturated carbocycles. The number of para-hydroxylation sites is 1. The molecule has 0 amide bonds. The average Bonchev–Trinajstić information content (AvgIpc) is 2.95. The monoisotopic (exact) mass is 262 g/mol. The highest BCUT2D eigenvalue weighted by Crippen LogP contribution is 2.42. The molecule has 3 heteroatoms. The van der Waals surface area contributed by atoms with E-state index < -0.39 is 0 Å². The van der Waals surface area contributed by atoms with Crippen molar-refractivity contribution in [2.45, 2.75) is 37.0 Å². The smallest absolute Gasteiger partial charge is 0.0414 e. The summed E-state index contributed by atoms with van der Waals surface area (Å²) < 4.78 is 0. The molecule has 3 rings (SSSR count). The van der Waals surface area contributed by atoms with E-state index in [-0.39, 0.29) is 0 Å². The van der Waals surface area contributed by atoms with Crippen molar-refractivity contribution in [1.29, 1.82) is 0 Å². The molecule has 1 aromatic rings. The summed E-state index contributed by atoms with van der Waals surface area (Å²) >= 11 is 2.12. The van der Waals surface area contributed by atoms with Crippen LogP contribution in [0.5, 0.6) is 0 Å². The van der Waals surface area contributed by atoms with Crippen LogP contribution in [-0.4, -0.2) is 30.1 Å². The second kappa shape index (κ2) is 5.14. The molecule has 2 heterocycles. The van der Waals surface area contributed by atoms with Crippen LogP contribution in [0.2, 0.25) is 0 Å². The average molecular weight is 262 g/mol. The van der Waals surface area contributed by atoms with E-state index in [1.165, 1.54) is 30.0 Å². The van der Waals surface area contributed by atoms with Crippen molar-refractivity contribution < 1.29 is 0 Å². The minimum atomic E-state index is 0.643. The fourth-order valence-corrected chi connectivity index (χ4v) is 4.67. The first-order valence-electron chi connectivity index (χ1n) is 6.98. The first kappa shape index (κ1) is 12.4. The number of benzene rings is 1. The van der Waals surface area contributed by atoms with E-state index >= 15 is 0 Å². The quantitative estimate of drug-likeness (QED) is 0.908. The summed E-state index contributed by atoms with van der Waals surface area (Å²) in [5.41, 5.74) is 8.76. The molecule has 0 bridgehead atoms. The van der Waals surface area contributed by atoms with Crippen LogP contribution in [0, 0.1) is 0 Å². The van der Waals surface area contributed by atoms with Gasteiger partial charge >= 0.3 is 0 Å². The van der Waals surface area contributed by atoms with E-state index in [0.29, 0.717) is 5.92 Å². The largest absolute Gasteiger partial charge is 0.367 e. The van der Waals surface area contributed by atoms with Crippen LogP contribution >= 0.6 is 11.8 Å². The van der Waals surface area contributed by atoms with Crippen LogP contribution in [0.3, 0.4) is 0 Å². The number of rotatable bonds is 3. The van der Waals surface area contributed by atoms with Crippen molar-refractivity contribution in [2.24, 2.45) is 5.73 Å². The Morgan fingerprint density at radius 2 is 2.22 bits per heavy atom. The first-order valence-corrected chi connectivity index (χ1v) is 8.03. The van der Waals surface area contributed by atoms with Gasteiger partial charge in [-0.15, -0.1) is 0 Å². The number of nitrogens with zero attached hydrogens (tertiary/aromatic N) is 1. The summed E-state index contributed by atoms with van der Waals surface area (Å²) in [4.78, 5) is 2.65. The van der Waals surface area contributed by atoms with Crippen molar-refractivity contribution >= 4 is 17.4 Å². The van der Waals surface area contributed by atoms with E-state index in [2.05, 4.69) is 47.9 Å². The summed E-state index contributed by atoms with van der Waals surface area (Å²) in [6.07, 6.45) is 2.44. The molecule has 98 valence electrons. The van der Waals surface area contributed by atoms with Gasteiger partial charge in [0.2, 0.25) is 0 Å². The molecule has 1 fully saturated rings. The zero-order chi connectivity index (χ0) is 12.5. The molecular weight excluding hydrogens is 240 g/mol. The maximum atomic E-state index is 5.77. The van der Waals surface area contributed by atoms with Gasteiger partial charge in [0.25, 0.3) is 0 Å². The van der Waals surface area contributed by atoms with Crippen LogP contribution in [0.15, 0.2) is 24.3 Å². The van der Waals surface area contributed by atoms with Crippen molar-refractivity contribution in [3.8, 4) is 0 Å². The van der Waals surface area contributed by atoms with Gasteiger partial charge < -0.3 is 10.6 Å². The van der Waals surface area contributed by atoms with Gasteiger partial charge in [0.05, 0.1) is 0 Å². The molecule has 3 atom stereocenters. The van der Waals surface area contributed by atoms with Crippen LogP contribution in [-0.2, 0) is 0 Å². The normalized spacial score (nSPS) is 30.8. The number of anilines is 1. The Labute approximate surface area is 114 Å². The number of thioether (sulfide) groups is 1. The van der Waals surface area contributed by atoms with Gasteiger partial charge in [0.1, 0.15) is 0 Å². The molecule has 18 heavy (non-hydrogen) atoms. The molecule has 3 unspecified atom stereocenters. The number of fused-ring (bicyclic) bond motifs is 1. The third-order valence-electron chi connectivity index (χ3n) is 4.35. The Hall–Kier alpha value is -0.670. The minimum absolute atomic E-state index is 0.643. The Bertz CT molecular complexity index is 421. The lowest BCUT2D eigenvalue weighted by atomic mass is 9.98. The van der Waals surface area contributed by atoms with Crippen molar-refractivity contribution in [1.82, 2.24) is 0 Å². The Balaban J connectivity index is 1.89. The van der Waals surface area contributed by atoms with Gasteiger partial charge in [-0.05, 0) is 36.8 Å². The third kappa shape index (κ3) is 2.04. The maximum Gasteiger partial charge on any atom is 0.0414 e. The molecule has 2 N–H and O–H groups in total. The maximum absolute atomic E-state index is 5.77. The molecule has 0 spiro atoms. The Morgan fingerprint density at radius 3 is 2.94 bits per heavy atom. The fraction of sp³-hybridized carbons (Fsp3) is 0.600. The summed E-state index contributed by atoms with van der Waals surface area (Å²) in [7, 11) is 0. The Kier molecular flexibility index (Phi) is 3.53. The van der Waals surface area contributed by atoms with Crippen LogP contribution in [0.1, 0.15) is 31.2 Å². The molecule has 0 radical (unpaired) electrons. The third-order valence-corrected chi connectivity index (χ3v) is 5.67. The molecule has 0 aromatic heterocycles. The predicted octanol–water partition coefficient (Wildman–Crippen LogP) is 2.83. The Morgan fingerprint density at radius 1 is 1.39 bits per heavy atom. The highest BCUT2D eigenvalue weighted by molar-refractivity contribution is 8.00. The fourth-order valence-electron chi connectivity index (χ4n) is 3.42. The van der Waals surface area contributed by atoms with Crippen molar-refractivity contribution in [3.63, 3.8) is 0 Å². The molecule has 2 aliphatic rings. The second-order valence-electron chi connectivity index (χ2n) is 5.42. The molecule has 2 aliphatic heterocycles. The number of hydrogen-bond donors (Lipinski definition) is 1. The van der Waals surface area contributed by atoms with E-state index in [9.17, 15) is 0 Å². The zero-order valence-corrected chi connectivity index (χ0v) is 11.8. The van der Waals surface area contributed by atoms with Crippen LogP contribution in [0.25, 0.3) is 0 Å². The van der Waals surface area contributed by atoms with E-state index in [1.54, 1.807) is 0 Å². The second-order valence-corrected chi connectivity index (χ2v) is 6.90. The lowest BCUT2D eigenvalue weighted by molar-refractivity contribution is 0.565. The molecule has 1 saturated heterocycles. The van der Waals surface area contributed by atoms with Crippen molar-refractivity contribution in [3.05, 3.63) is 29.8 Å². The summed E-state index contributed by atoms with van der Waals surface area (Å²) in [5, 5.41) is 0.759. The highest BCUT2D eigenvalue weighted by atomic mass is 32.2. The van der Waals surface area contributed by atoms with Gasteiger partial charge in [-0.3, -0.25) is 0 Å². The van der Waals surface area contributed by atoms with E-state index in [0.717, 1.165) is 24.3 Å². The number of hydrogen-bond acceptors (Lipinski definition) is 3. The van der Waals surface area contributed by atoms with E-state index in [4.69, 9.17) is 5.73 Å². The lowest BCUT2D eigenvalue weighted by Crippen LogP contribution is -2.38.